The molecule has 1 unspecified atom stereocenters. The fourth-order valence-corrected chi connectivity index (χ4v) is 4.32. The largest absolute Gasteiger partial charge is 0.446 e. The molecule has 0 saturated carbocycles. The van der Waals surface area contributed by atoms with Crippen LogP contribution in [0, 0.1) is 13.8 Å². The Kier molecular flexibility index (Phi) is 8.71. The van der Waals surface area contributed by atoms with Gasteiger partial charge in [-0.15, -0.1) is 0 Å². The van der Waals surface area contributed by atoms with Gasteiger partial charge >= 0.3 is 12.0 Å². The van der Waals surface area contributed by atoms with Gasteiger partial charge in [-0.05, 0) is 67.4 Å². The van der Waals surface area contributed by atoms with Crippen LogP contribution in [0.1, 0.15) is 37.4 Å². The van der Waals surface area contributed by atoms with E-state index in [-0.39, 0.29) is 35.5 Å². The lowest BCUT2D eigenvalue weighted by Gasteiger charge is -2.30. The number of anilines is 2. The number of aryl methyl sites for hydroxylation is 2. The summed E-state index contributed by atoms with van der Waals surface area (Å²) in [7, 11) is 1.33. The molecule has 12 heteroatoms. The van der Waals surface area contributed by atoms with E-state index in [4.69, 9.17) is 0 Å². The Labute approximate surface area is 220 Å². The number of nitrogens with zero attached hydrogens (tertiary/aromatic N) is 3. The van der Waals surface area contributed by atoms with Crippen molar-refractivity contribution in [2.75, 3.05) is 30.0 Å². The molecule has 0 aliphatic carbocycles. The highest BCUT2D eigenvalue weighted by molar-refractivity contribution is 6.09. The van der Waals surface area contributed by atoms with Crippen molar-refractivity contribution in [3.05, 3.63) is 94.5 Å². The monoisotopic (exact) mass is 553 g/mol. The number of hydrogen-bond donors (Lipinski definition) is 1. The molecule has 0 aliphatic rings. The van der Waals surface area contributed by atoms with Crippen LogP contribution in [0.4, 0.5) is 37.9 Å². The van der Waals surface area contributed by atoms with Crippen molar-refractivity contribution < 1.29 is 41.2 Å². The van der Waals surface area contributed by atoms with Crippen molar-refractivity contribution in [1.82, 2.24) is 5.34 Å². The second kappa shape index (κ2) is 11.5. The summed E-state index contributed by atoms with van der Waals surface area (Å²) < 4.78 is 80.4. The summed E-state index contributed by atoms with van der Waals surface area (Å²) in [6, 6.07) is 15.5. The lowest BCUT2D eigenvalue weighted by atomic mass is 9.96. The predicted molar refractivity (Wildman–Crippen MR) is 133 cm³/mol. The third-order valence-electron chi connectivity index (χ3n) is 6.12. The number of benzene rings is 3. The smallest absolute Gasteiger partial charge is 0.395 e. The Morgan fingerprint density at radius 1 is 0.821 bits per heavy atom. The third-order valence-corrected chi connectivity index (χ3v) is 6.12. The molecule has 2 amide bonds. The number of rotatable bonds is 8. The Bertz CT molecular complexity index is 1330. The Morgan fingerprint density at radius 2 is 1.38 bits per heavy atom. The van der Waals surface area contributed by atoms with Crippen LogP contribution < -0.4 is 9.80 Å². The topological polar surface area (TPSA) is 64.1 Å². The van der Waals surface area contributed by atoms with E-state index in [2.05, 4.69) is 0 Å². The minimum absolute atomic E-state index is 0.0497. The Morgan fingerprint density at radius 3 is 1.90 bits per heavy atom. The molecule has 0 spiro atoms. The van der Waals surface area contributed by atoms with Gasteiger partial charge in [0.15, 0.2) is 0 Å². The summed E-state index contributed by atoms with van der Waals surface area (Å²) >= 11 is 0. The second-order valence-corrected chi connectivity index (χ2v) is 8.77. The fourth-order valence-electron chi connectivity index (χ4n) is 4.32. The van der Waals surface area contributed by atoms with E-state index in [0.717, 1.165) is 4.90 Å². The van der Waals surface area contributed by atoms with Gasteiger partial charge in [0, 0.05) is 41.7 Å². The molecule has 1 atom stereocenters. The molecule has 0 heterocycles. The molecule has 0 saturated heterocycles. The molecule has 1 N–H and O–H groups in total. The summed E-state index contributed by atoms with van der Waals surface area (Å²) in [6.07, 6.45) is -5.93. The molecule has 0 radical (unpaired) electrons. The summed E-state index contributed by atoms with van der Waals surface area (Å²) in [4.78, 5) is 28.8. The lowest BCUT2D eigenvalue weighted by Crippen LogP contribution is -2.46. The number of halogens is 6. The quantitative estimate of drug-likeness (QED) is 0.212. The first-order chi connectivity index (χ1) is 18.2. The first-order valence-corrected chi connectivity index (χ1v) is 11.6. The summed E-state index contributed by atoms with van der Waals surface area (Å²) in [5.41, 5.74) is -0.586. The second-order valence-electron chi connectivity index (χ2n) is 8.77. The zero-order chi connectivity index (χ0) is 29.1. The van der Waals surface area contributed by atoms with Crippen molar-refractivity contribution in [2.24, 2.45) is 0 Å². The van der Waals surface area contributed by atoms with Crippen molar-refractivity contribution in [2.45, 2.75) is 25.8 Å². The van der Waals surface area contributed by atoms with Crippen LogP contribution in [0.5, 0.6) is 0 Å². The highest BCUT2D eigenvalue weighted by Gasteiger charge is 2.64. The van der Waals surface area contributed by atoms with E-state index in [9.17, 15) is 41.2 Å². The van der Waals surface area contributed by atoms with Gasteiger partial charge in [-0.3, -0.25) is 9.59 Å². The van der Waals surface area contributed by atoms with Crippen LogP contribution in [-0.4, -0.2) is 48.6 Å². The maximum atomic E-state index is 14.6. The van der Waals surface area contributed by atoms with Gasteiger partial charge in [-0.2, -0.15) is 13.2 Å². The third kappa shape index (κ3) is 5.76. The van der Waals surface area contributed by atoms with Crippen molar-refractivity contribution >= 4 is 23.2 Å². The maximum absolute atomic E-state index is 14.6. The minimum atomic E-state index is -5.93. The van der Waals surface area contributed by atoms with Crippen LogP contribution in [0.15, 0.2) is 66.7 Å². The SMILES string of the molecule is Cc1cc(C(F)(N(F)F)C(F)(F)F)cc(C)c1N(C)C(=O)c1cccc(N(CCO)C(=O)c2ccccc2)c1. The van der Waals surface area contributed by atoms with Crippen LogP contribution in [0.2, 0.25) is 0 Å². The zero-order valence-corrected chi connectivity index (χ0v) is 21.1. The number of amides is 2. The molecule has 0 fully saturated rings. The molecule has 3 aromatic rings. The predicted octanol–water partition coefficient (Wildman–Crippen LogP) is 5.97. The maximum Gasteiger partial charge on any atom is 0.446 e. The molecule has 0 aliphatic heterocycles. The molecule has 6 nitrogen and oxygen atoms in total. The Balaban J connectivity index is 1.98. The Hall–Kier alpha value is -3.90. The number of hydrogen-bond acceptors (Lipinski definition) is 4. The van der Waals surface area contributed by atoms with Crippen molar-refractivity contribution in [1.29, 1.82) is 0 Å². The molecular weight excluding hydrogens is 528 g/mol. The number of carbonyl (C=O) groups is 2. The van der Waals surface area contributed by atoms with Gasteiger partial charge in [0.1, 0.15) is 0 Å². The molecule has 3 aromatic carbocycles. The molecular formula is C27H25F6N3O3. The van der Waals surface area contributed by atoms with Crippen molar-refractivity contribution in [3.8, 4) is 0 Å². The molecule has 208 valence electrons. The van der Waals surface area contributed by atoms with E-state index < -0.39 is 34.7 Å². The van der Waals surface area contributed by atoms with Gasteiger partial charge in [-0.25, -0.2) is 4.39 Å². The average molecular weight is 554 g/mol. The zero-order valence-electron chi connectivity index (χ0n) is 21.1. The lowest BCUT2D eigenvalue weighted by molar-refractivity contribution is -0.388. The minimum Gasteiger partial charge on any atom is -0.395 e. The van der Waals surface area contributed by atoms with Gasteiger partial charge in [-0.1, -0.05) is 33.2 Å². The fraction of sp³-hybridized carbons (Fsp3) is 0.259. The molecule has 39 heavy (non-hydrogen) atoms. The highest BCUT2D eigenvalue weighted by Crippen LogP contribution is 2.47. The van der Waals surface area contributed by atoms with Crippen LogP contribution >= 0.6 is 0 Å². The average Bonchev–Trinajstić information content (AvgIpc) is 2.89. The molecule has 0 aromatic heterocycles. The van der Waals surface area contributed by atoms with Crippen LogP contribution in [0.25, 0.3) is 0 Å². The van der Waals surface area contributed by atoms with E-state index in [1.807, 2.05) is 0 Å². The van der Waals surface area contributed by atoms with Gasteiger partial charge in [0.25, 0.3) is 11.8 Å². The standard InChI is InChI=1S/C27H25F6N3O3/c1-17-14-21(26(28,36(32)33)27(29,30)31)15-18(2)23(17)34(3)24(38)20-10-7-11-22(16-20)35(12-13-37)25(39)19-8-5-4-6-9-19/h4-11,14-16,37H,12-13H2,1-3H3. The van der Waals surface area contributed by atoms with Gasteiger partial charge in [0.2, 0.25) is 0 Å². The van der Waals surface area contributed by atoms with E-state index in [0.29, 0.717) is 23.4 Å². The van der Waals surface area contributed by atoms with E-state index in [1.165, 1.54) is 44.0 Å². The number of carbonyl (C=O) groups excluding carboxylic acids is 2. The number of aliphatic hydroxyl groups is 1. The first-order valence-electron chi connectivity index (χ1n) is 11.6. The van der Waals surface area contributed by atoms with E-state index in [1.54, 1.807) is 36.4 Å². The summed E-state index contributed by atoms with van der Waals surface area (Å²) in [5, 5.41) is 6.99. The number of alkyl halides is 4. The van der Waals surface area contributed by atoms with Gasteiger partial charge < -0.3 is 14.9 Å². The van der Waals surface area contributed by atoms with Crippen molar-refractivity contribution in [3.63, 3.8) is 0 Å². The van der Waals surface area contributed by atoms with Crippen LogP contribution in [-0.2, 0) is 5.79 Å². The summed E-state index contributed by atoms with van der Waals surface area (Å²) in [5.74, 6) is -6.09. The summed E-state index contributed by atoms with van der Waals surface area (Å²) in [6.45, 7) is 2.12. The first kappa shape index (κ1) is 29.7. The highest BCUT2D eigenvalue weighted by atomic mass is 19.4. The van der Waals surface area contributed by atoms with Gasteiger partial charge in [0.05, 0.1) is 12.0 Å². The molecule has 0 bridgehead atoms. The number of aliphatic hydroxyl groups excluding tert-OH is 1. The normalized spacial score (nSPS) is 13.2. The van der Waals surface area contributed by atoms with Crippen LogP contribution in [0.3, 0.4) is 0 Å². The molecule has 3 rings (SSSR count). The van der Waals surface area contributed by atoms with E-state index >= 15 is 0 Å².